The molecule has 0 bridgehead atoms. The highest BCUT2D eigenvalue weighted by Crippen LogP contribution is 2.28. The van der Waals surface area contributed by atoms with Crippen LogP contribution in [0, 0.1) is 0 Å². The van der Waals surface area contributed by atoms with Crippen LogP contribution in [0.4, 0.5) is 0 Å². The molecule has 0 heterocycles. The SMILES string of the molecule is C=CC[Si](CC=C)(CC=C)OS(=O)(=O)c1ccccc1. The van der Waals surface area contributed by atoms with E-state index in [1.807, 2.05) is 0 Å². The van der Waals surface area contributed by atoms with Crippen LogP contribution in [0.5, 0.6) is 0 Å². The van der Waals surface area contributed by atoms with Crippen molar-refractivity contribution < 1.29 is 12.3 Å². The molecular weight excluding hydrogens is 288 g/mol. The van der Waals surface area contributed by atoms with Gasteiger partial charge >= 0.3 is 0 Å². The molecule has 0 amide bonds. The predicted molar refractivity (Wildman–Crippen MR) is 85.5 cm³/mol. The van der Waals surface area contributed by atoms with Gasteiger partial charge in [-0.15, -0.1) is 19.7 Å². The Morgan fingerprint density at radius 1 is 0.950 bits per heavy atom. The second-order valence-electron chi connectivity index (χ2n) is 4.51. The minimum atomic E-state index is -3.77. The Morgan fingerprint density at radius 2 is 1.40 bits per heavy atom. The zero-order chi connectivity index (χ0) is 15.1. The van der Waals surface area contributed by atoms with E-state index in [-0.39, 0.29) is 4.90 Å². The van der Waals surface area contributed by atoms with Gasteiger partial charge in [-0.1, -0.05) is 36.4 Å². The van der Waals surface area contributed by atoms with E-state index in [1.54, 1.807) is 36.4 Å². The van der Waals surface area contributed by atoms with Gasteiger partial charge in [-0.2, -0.15) is 8.42 Å². The fraction of sp³-hybridized carbons (Fsp3) is 0.200. The summed E-state index contributed by atoms with van der Waals surface area (Å²) >= 11 is 0. The van der Waals surface area contributed by atoms with Crippen LogP contribution in [0.3, 0.4) is 0 Å². The summed E-state index contributed by atoms with van der Waals surface area (Å²) in [5.74, 6) is 0. The molecule has 5 heteroatoms. The second kappa shape index (κ2) is 7.38. The Bertz CT molecular complexity index is 538. The molecule has 0 atom stereocenters. The summed E-state index contributed by atoms with van der Waals surface area (Å²) < 4.78 is 30.4. The van der Waals surface area contributed by atoms with Crippen LogP contribution in [-0.2, 0) is 14.0 Å². The molecule has 1 aromatic rings. The maximum atomic E-state index is 12.4. The van der Waals surface area contributed by atoms with Gasteiger partial charge in [0, 0.05) is 0 Å². The first-order chi connectivity index (χ1) is 9.49. The Hall–Kier alpha value is -1.43. The molecule has 108 valence electrons. The van der Waals surface area contributed by atoms with Crippen molar-refractivity contribution >= 4 is 18.4 Å². The average Bonchev–Trinajstić information content (AvgIpc) is 2.40. The summed E-state index contributed by atoms with van der Waals surface area (Å²) in [5.41, 5.74) is 0. The lowest BCUT2D eigenvalue weighted by molar-refractivity contribution is 0.479. The Morgan fingerprint density at radius 3 is 1.80 bits per heavy atom. The maximum absolute atomic E-state index is 12.4. The molecule has 0 aliphatic carbocycles. The smallest absolute Gasteiger partial charge is 0.287 e. The highest BCUT2D eigenvalue weighted by Gasteiger charge is 2.37. The summed E-state index contributed by atoms with van der Waals surface area (Å²) in [6.07, 6.45) is 5.12. The third kappa shape index (κ3) is 4.30. The molecule has 0 saturated carbocycles. The van der Waals surface area contributed by atoms with Crippen molar-refractivity contribution in [3.8, 4) is 0 Å². The van der Waals surface area contributed by atoms with Gasteiger partial charge < -0.3 is 3.87 Å². The minimum Gasteiger partial charge on any atom is -0.310 e. The molecule has 3 nitrogen and oxygen atoms in total. The third-order valence-corrected chi connectivity index (χ3v) is 9.11. The summed E-state index contributed by atoms with van der Waals surface area (Å²) in [7, 11) is -6.32. The molecule has 0 fully saturated rings. The van der Waals surface area contributed by atoms with E-state index in [0.29, 0.717) is 18.1 Å². The highest BCUT2D eigenvalue weighted by atomic mass is 32.2. The van der Waals surface area contributed by atoms with Crippen molar-refractivity contribution in [1.29, 1.82) is 0 Å². The second-order valence-corrected chi connectivity index (χ2v) is 10.1. The fourth-order valence-electron chi connectivity index (χ4n) is 2.01. The number of rotatable bonds is 9. The third-order valence-electron chi connectivity index (χ3n) is 2.87. The standard InChI is InChI=1S/C15H20O3SSi/c1-4-12-20(13-5-2,14-6-3)18-19(16,17)15-10-8-7-9-11-15/h4-11H,1-3,12-14H2. The van der Waals surface area contributed by atoms with E-state index in [0.717, 1.165) is 0 Å². The lowest BCUT2D eigenvalue weighted by Gasteiger charge is -2.27. The van der Waals surface area contributed by atoms with E-state index in [4.69, 9.17) is 3.87 Å². The molecule has 0 unspecified atom stereocenters. The van der Waals surface area contributed by atoms with Crippen molar-refractivity contribution in [1.82, 2.24) is 0 Å². The lowest BCUT2D eigenvalue weighted by atomic mass is 10.4. The van der Waals surface area contributed by atoms with Crippen LogP contribution < -0.4 is 0 Å². The van der Waals surface area contributed by atoms with Crippen LogP contribution in [0.15, 0.2) is 73.2 Å². The molecular formula is C15H20O3SSi. The molecule has 0 aliphatic heterocycles. The van der Waals surface area contributed by atoms with E-state index in [2.05, 4.69) is 19.7 Å². The van der Waals surface area contributed by atoms with Gasteiger partial charge in [0.2, 0.25) is 8.32 Å². The molecule has 0 radical (unpaired) electrons. The monoisotopic (exact) mass is 308 g/mol. The zero-order valence-corrected chi connectivity index (χ0v) is 13.3. The van der Waals surface area contributed by atoms with Crippen LogP contribution in [0.2, 0.25) is 18.1 Å². The van der Waals surface area contributed by atoms with E-state index < -0.39 is 18.4 Å². The van der Waals surface area contributed by atoms with Crippen LogP contribution in [0.25, 0.3) is 0 Å². The highest BCUT2D eigenvalue weighted by molar-refractivity contribution is 7.87. The predicted octanol–water partition coefficient (Wildman–Crippen LogP) is 3.90. The average molecular weight is 308 g/mol. The Balaban J connectivity index is 3.13. The van der Waals surface area contributed by atoms with Crippen molar-refractivity contribution in [3.63, 3.8) is 0 Å². The molecule has 0 spiro atoms. The maximum Gasteiger partial charge on any atom is 0.287 e. The minimum absolute atomic E-state index is 0.175. The number of allylic oxidation sites excluding steroid dienone is 3. The van der Waals surface area contributed by atoms with Crippen molar-refractivity contribution in [3.05, 3.63) is 68.3 Å². The summed E-state index contributed by atoms with van der Waals surface area (Å²) in [4.78, 5) is 0.175. The molecule has 0 N–H and O–H groups in total. The van der Waals surface area contributed by atoms with Crippen LogP contribution >= 0.6 is 0 Å². The normalized spacial score (nSPS) is 11.8. The van der Waals surface area contributed by atoms with Gasteiger partial charge in [-0.25, -0.2) is 0 Å². The summed E-state index contributed by atoms with van der Waals surface area (Å²) in [6, 6.07) is 9.79. The summed E-state index contributed by atoms with van der Waals surface area (Å²) in [6.45, 7) is 11.1. The van der Waals surface area contributed by atoms with Gasteiger partial charge in [0.1, 0.15) is 0 Å². The van der Waals surface area contributed by atoms with Gasteiger partial charge in [-0.3, -0.25) is 0 Å². The molecule has 0 saturated heterocycles. The van der Waals surface area contributed by atoms with Crippen molar-refractivity contribution in [2.45, 2.75) is 23.0 Å². The largest absolute Gasteiger partial charge is 0.310 e. The number of hydrogen-bond donors (Lipinski definition) is 0. The number of hydrogen-bond acceptors (Lipinski definition) is 3. The summed E-state index contributed by atoms with van der Waals surface area (Å²) in [5, 5.41) is 0. The molecule has 1 aromatic carbocycles. The van der Waals surface area contributed by atoms with Gasteiger partial charge in [0.05, 0.1) is 4.90 Å². The Labute approximate surface area is 122 Å². The zero-order valence-electron chi connectivity index (χ0n) is 11.5. The first-order valence-electron chi connectivity index (χ1n) is 6.33. The molecule has 0 aromatic heterocycles. The van der Waals surface area contributed by atoms with E-state index >= 15 is 0 Å². The number of benzene rings is 1. The van der Waals surface area contributed by atoms with Gasteiger partial charge in [-0.05, 0) is 30.3 Å². The first-order valence-corrected chi connectivity index (χ1v) is 10.3. The quantitative estimate of drug-likeness (QED) is 0.513. The van der Waals surface area contributed by atoms with Crippen molar-refractivity contribution in [2.24, 2.45) is 0 Å². The van der Waals surface area contributed by atoms with Crippen LogP contribution in [0.1, 0.15) is 0 Å². The fourth-order valence-corrected chi connectivity index (χ4v) is 7.64. The molecule has 0 aliphatic rings. The van der Waals surface area contributed by atoms with E-state index in [1.165, 1.54) is 12.1 Å². The van der Waals surface area contributed by atoms with Gasteiger partial charge in [0.15, 0.2) is 0 Å². The van der Waals surface area contributed by atoms with Crippen molar-refractivity contribution in [2.75, 3.05) is 0 Å². The topological polar surface area (TPSA) is 43.4 Å². The first kappa shape index (κ1) is 16.6. The Kier molecular flexibility index (Phi) is 6.13. The van der Waals surface area contributed by atoms with E-state index in [9.17, 15) is 8.42 Å². The van der Waals surface area contributed by atoms with Gasteiger partial charge in [0.25, 0.3) is 10.1 Å². The molecule has 1 rings (SSSR count). The van der Waals surface area contributed by atoms with Crippen LogP contribution in [-0.4, -0.2) is 16.7 Å². The lowest BCUT2D eigenvalue weighted by Crippen LogP contribution is -2.38. The molecule has 20 heavy (non-hydrogen) atoms.